The van der Waals surface area contributed by atoms with E-state index in [9.17, 15) is 4.79 Å². The zero-order valence-corrected chi connectivity index (χ0v) is 10.3. The maximum atomic E-state index is 11.9. The highest BCUT2D eigenvalue weighted by Gasteiger charge is 2.16. The third-order valence-electron chi connectivity index (χ3n) is 3.70. The third-order valence-corrected chi connectivity index (χ3v) is 3.70. The molecule has 0 radical (unpaired) electrons. The number of pyridine rings is 1. The molecule has 0 aliphatic heterocycles. The predicted octanol–water partition coefficient (Wildman–Crippen LogP) is 3.11. The normalized spacial score (nSPS) is 17.6. The van der Waals surface area contributed by atoms with Gasteiger partial charge >= 0.3 is 0 Å². The van der Waals surface area contributed by atoms with Crippen molar-refractivity contribution in [1.29, 1.82) is 0 Å². The van der Waals surface area contributed by atoms with E-state index in [1.54, 1.807) is 6.07 Å². The molecule has 1 saturated carbocycles. The summed E-state index contributed by atoms with van der Waals surface area (Å²) in [6.07, 6.45) is 7.63. The summed E-state index contributed by atoms with van der Waals surface area (Å²) < 4.78 is 0. The van der Waals surface area contributed by atoms with Crippen molar-refractivity contribution in [3.05, 3.63) is 33.2 Å². The van der Waals surface area contributed by atoms with Crippen molar-refractivity contribution in [3.63, 3.8) is 0 Å². The van der Waals surface area contributed by atoms with E-state index in [-0.39, 0.29) is 5.43 Å². The summed E-state index contributed by atoms with van der Waals surface area (Å²) in [7, 11) is 0. The molecular weight excluding hydrogens is 198 g/mol. The second kappa shape index (κ2) is 4.86. The number of aromatic nitrogens is 1. The Kier molecular flexibility index (Phi) is 3.47. The molecule has 1 N–H and O–H groups in total. The smallest absolute Gasteiger partial charge is 0.185 e. The van der Waals surface area contributed by atoms with Crippen molar-refractivity contribution in [1.82, 2.24) is 4.98 Å². The van der Waals surface area contributed by atoms with Crippen LogP contribution in [0.5, 0.6) is 0 Å². The fraction of sp³-hybridized carbons (Fsp3) is 0.643. The number of nitrogens with one attached hydrogen (secondary N) is 1. The van der Waals surface area contributed by atoms with E-state index in [1.807, 2.05) is 13.8 Å². The fourth-order valence-corrected chi connectivity index (χ4v) is 2.81. The molecule has 0 spiro atoms. The highest BCUT2D eigenvalue weighted by Crippen LogP contribution is 2.26. The molecule has 1 heterocycles. The van der Waals surface area contributed by atoms with Gasteiger partial charge in [-0.05, 0) is 26.2 Å². The quantitative estimate of drug-likeness (QED) is 0.814. The van der Waals surface area contributed by atoms with Gasteiger partial charge in [-0.3, -0.25) is 4.79 Å². The third kappa shape index (κ3) is 2.55. The largest absolute Gasteiger partial charge is 0.362 e. The van der Waals surface area contributed by atoms with Gasteiger partial charge in [0, 0.05) is 23.0 Å². The Morgan fingerprint density at radius 3 is 2.56 bits per heavy atom. The van der Waals surface area contributed by atoms with Crippen LogP contribution in [-0.2, 0) is 6.42 Å². The van der Waals surface area contributed by atoms with E-state index >= 15 is 0 Å². The molecule has 2 heteroatoms. The Labute approximate surface area is 97.1 Å². The van der Waals surface area contributed by atoms with Gasteiger partial charge in [0.15, 0.2) is 5.43 Å². The molecule has 0 saturated heterocycles. The van der Waals surface area contributed by atoms with Crippen LogP contribution in [0.25, 0.3) is 0 Å². The molecule has 1 aromatic heterocycles. The molecule has 88 valence electrons. The van der Waals surface area contributed by atoms with Gasteiger partial charge in [0.1, 0.15) is 0 Å². The van der Waals surface area contributed by atoms with Gasteiger partial charge in [-0.25, -0.2) is 0 Å². The minimum atomic E-state index is 0.222. The van der Waals surface area contributed by atoms with Crippen LogP contribution < -0.4 is 5.43 Å². The van der Waals surface area contributed by atoms with E-state index in [0.29, 0.717) is 0 Å². The van der Waals surface area contributed by atoms with Crippen LogP contribution in [0.1, 0.15) is 49.1 Å². The number of rotatable bonds is 2. The summed E-state index contributed by atoms with van der Waals surface area (Å²) in [5, 5.41) is 0. The first kappa shape index (κ1) is 11.4. The maximum Gasteiger partial charge on any atom is 0.185 e. The molecule has 0 unspecified atom stereocenters. The van der Waals surface area contributed by atoms with Gasteiger partial charge in [0.25, 0.3) is 0 Å². The zero-order chi connectivity index (χ0) is 11.5. The summed E-state index contributed by atoms with van der Waals surface area (Å²) in [6.45, 7) is 3.96. The Morgan fingerprint density at radius 1 is 1.25 bits per heavy atom. The summed E-state index contributed by atoms with van der Waals surface area (Å²) in [6, 6.07) is 1.73. The molecule has 0 atom stereocenters. The Hall–Kier alpha value is -1.05. The molecule has 0 bridgehead atoms. The van der Waals surface area contributed by atoms with Crippen molar-refractivity contribution in [2.45, 2.75) is 52.4 Å². The molecule has 1 aliphatic carbocycles. The highest BCUT2D eigenvalue weighted by molar-refractivity contribution is 5.22. The van der Waals surface area contributed by atoms with Gasteiger partial charge in [-0.15, -0.1) is 0 Å². The van der Waals surface area contributed by atoms with Gasteiger partial charge < -0.3 is 4.98 Å². The van der Waals surface area contributed by atoms with Crippen LogP contribution in [0.2, 0.25) is 0 Å². The highest BCUT2D eigenvalue weighted by atomic mass is 16.1. The zero-order valence-electron chi connectivity index (χ0n) is 10.3. The van der Waals surface area contributed by atoms with E-state index in [4.69, 9.17) is 0 Å². The van der Waals surface area contributed by atoms with Crippen molar-refractivity contribution in [3.8, 4) is 0 Å². The van der Waals surface area contributed by atoms with Crippen LogP contribution in [0.3, 0.4) is 0 Å². The minimum absolute atomic E-state index is 0.222. The van der Waals surface area contributed by atoms with Crippen LogP contribution in [0.15, 0.2) is 10.9 Å². The summed E-state index contributed by atoms with van der Waals surface area (Å²) in [4.78, 5) is 15.2. The molecule has 2 rings (SSSR count). The molecule has 16 heavy (non-hydrogen) atoms. The van der Waals surface area contributed by atoms with Gasteiger partial charge in [0.05, 0.1) is 0 Å². The SMILES string of the molecule is Cc1cc(=O)c(CC2CCCCC2)c(C)[nH]1. The number of aromatic amines is 1. The number of hydrogen-bond donors (Lipinski definition) is 1. The first-order chi connectivity index (χ1) is 7.66. The van der Waals surface area contributed by atoms with E-state index in [1.165, 1.54) is 32.1 Å². The predicted molar refractivity (Wildman–Crippen MR) is 66.8 cm³/mol. The molecule has 1 aromatic rings. The van der Waals surface area contributed by atoms with E-state index < -0.39 is 0 Å². The summed E-state index contributed by atoms with van der Waals surface area (Å²) in [5.74, 6) is 0.733. The van der Waals surface area contributed by atoms with Crippen LogP contribution >= 0.6 is 0 Å². The number of hydrogen-bond acceptors (Lipinski definition) is 1. The lowest BCUT2D eigenvalue weighted by Crippen LogP contribution is -2.18. The van der Waals surface area contributed by atoms with Crippen LogP contribution in [0, 0.1) is 19.8 Å². The van der Waals surface area contributed by atoms with E-state index in [0.717, 1.165) is 29.3 Å². The van der Waals surface area contributed by atoms with Gasteiger partial charge in [-0.2, -0.15) is 0 Å². The number of aryl methyl sites for hydroxylation is 2. The van der Waals surface area contributed by atoms with Gasteiger partial charge in [-0.1, -0.05) is 32.1 Å². The first-order valence-corrected chi connectivity index (χ1v) is 6.36. The first-order valence-electron chi connectivity index (χ1n) is 6.36. The standard InChI is InChI=1S/C14H21NO/c1-10-8-14(16)13(11(2)15-10)9-12-6-4-3-5-7-12/h8,12H,3-7,9H2,1-2H3,(H,15,16). The van der Waals surface area contributed by atoms with Crippen molar-refractivity contribution in [2.75, 3.05) is 0 Å². The lowest BCUT2D eigenvalue weighted by Gasteiger charge is -2.21. The van der Waals surface area contributed by atoms with E-state index in [2.05, 4.69) is 4.98 Å². The Bertz CT molecular complexity index is 413. The molecule has 2 nitrogen and oxygen atoms in total. The van der Waals surface area contributed by atoms with Gasteiger partial charge in [0.2, 0.25) is 0 Å². The maximum absolute atomic E-state index is 11.9. The monoisotopic (exact) mass is 219 g/mol. The van der Waals surface area contributed by atoms with Crippen molar-refractivity contribution < 1.29 is 0 Å². The summed E-state index contributed by atoms with van der Waals surface area (Å²) >= 11 is 0. The molecule has 1 aliphatic rings. The van der Waals surface area contributed by atoms with Crippen LogP contribution in [0.4, 0.5) is 0 Å². The summed E-state index contributed by atoms with van der Waals surface area (Å²) in [5.41, 5.74) is 3.27. The second-order valence-corrected chi connectivity index (χ2v) is 5.13. The average Bonchev–Trinajstić information content (AvgIpc) is 2.25. The lowest BCUT2D eigenvalue weighted by atomic mass is 9.84. The average molecular weight is 219 g/mol. The van der Waals surface area contributed by atoms with Crippen molar-refractivity contribution in [2.24, 2.45) is 5.92 Å². The fourth-order valence-electron chi connectivity index (χ4n) is 2.81. The molecule has 0 aromatic carbocycles. The number of H-pyrrole nitrogens is 1. The van der Waals surface area contributed by atoms with Crippen molar-refractivity contribution >= 4 is 0 Å². The lowest BCUT2D eigenvalue weighted by molar-refractivity contribution is 0.355. The Balaban J connectivity index is 2.17. The van der Waals surface area contributed by atoms with Crippen LogP contribution in [-0.4, -0.2) is 4.98 Å². The minimum Gasteiger partial charge on any atom is -0.362 e. The molecule has 1 fully saturated rings. The topological polar surface area (TPSA) is 32.9 Å². The molecular formula is C14H21NO. The Morgan fingerprint density at radius 2 is 1.94 bits per heavy atom. The molecule has 0 amide bonds. The second-order valence-electron chi connectivity index (χ2n) is 5.13.